The van der Waals surface area contributed by atoms with Crippen molar-refractivity contribution in [1.82, 2.24) is 14.5 Å². The molecule has 0 aliphatic heterocycles. The molecule has 0 aliphatic carbocycles. The molecule has 8 nitrogen and oxygen atoms in total. The largest absolute Gasteiger partial charge is 0.489 e. The Bertz CT molecular complexity index is 1910. The van der Waals surface area contributed by atoms with Crippen LogP contribution in [0, 0.1) is 12.3 Å². The predicted molar refractivity (Wildman–Crippen MR) is 185 cm³/mol. The zero-order valence-electron chi connectivity index (χ0n) is 26.7. The lowest BCUT2D eigenvalue weighted by molar-refractivity contribution is 0.262. The summed E-state index contributed by atoms with van der Waals surface area (Å²) in [6.45, 7) is 9.08. The molecule has 3 heterocycles. The monoisotopic (exact) mass is 613 g/mol. The minimum absolute atomic E-state index is 0.151. The van der Waals surface area contributed by atoms with Crippen LogP contribution in [0.3, 0.4) is 0 Å². The molecule has 2 N–H and O–H groups in total. The highest BCUT2D eigenvalue weighted by Crippen LogP contribution is 2.36. The average molecular weight is 614 g/mol. The summed E-state index contributed by atoms with van der Waals surface area (Å²) in [5.41, 5.74) is 5.36. The first-order valence-corrected chi connectivity index (χ1v) is 15.6. The molecule has 5 rings (SSSR count). The van der Waals surface area contributed by atoms with E-state index in [2.05, 4.69) is 54.2 Å². The Morgan fingerprint density at radius 2 is 1.61 bits per heavy atom. The summed E-state index contributed by atoms with van der Waals surface area (Å²) in [5.74, 6) is 3.62. The lowest BCUT2D eigenvalue weighted by Crippen LogP contribution is -2.30. The Hall–Kier alpha value is -5.42. The molecule has 46 heavy (non-hydrogen) atoms. The number of unbranched alkanes of at least 4 members (excludes halogenated alkanes) is 1. The minimum atomic E-state index is -0.503. The first kappa shape index (κ1) is 32.0. The lowest BCUT2D eigenvalue weighted by atomic mass is 9.93. The molecule has 0 fully saturated rings. The number of urea groups is 1. The number of amides is 2. The van der Waals surface area contributed by atoms with Crippen LogP contribution in [0.2, 0.25) is 0 Å². The first-order chi connectivity index (χ1) is 22.3. The summed E-state index contributed by atoms with van der Waals surface area (Å²) in [7, 11) is 0. The summed E-state index contributed by atoms with van der Waals surface area (Å²) in [5, 5.41) is 6.77. The van der Waals surface area contributed by atoms with Crippen LogP contribution in [0.4, 0.5) is 16.2 Å². The van der Waals surface area contributed by atoms with Gasteiger partial charge in [-0.2, -0.15) is 0 Å². The number of para-hydroxylation sites is 1. The second-order valence-corrected chi connectivity index (χ2v) is 11.8. The maximum Gasteiger partial charge on any atom is 0.323 e. The lowest BCUT2D eigenvalue weighted by Gasteiger charge is -2.22. The van der Waals surface area contributed by atoms with Crippen molar-refractivity contribution in [2.75, 3.05) is 10.6 Å². The highest BCUT2D eigenvalue weighted by atomic mass is 16.5. The van der Waals surface area contributed by atoms with Gasteiger partial charge in [-0.1, -0.05) is 58.0 Å². The number of carbonyl (C=O) groups is 1. The standard InChI is InChI=1S/C38H39N5O3/c1-6-7-8-22-43-36-32(16-11-19-40-36)33(28-12-9-13-29(23-28)46-24-27-17-20-39-21-18-27)35(37(43)44)42-38(45)41-34-30(25(2)3)14-10-15-31(34)26(4)5/h1,9-21,23,25-26H,7-8,22,24H2,2-5H3,(H2,41,42,45). The number of aryl methyl sites for hydroxylation is 1. The highest BCUT2D eigenvalue weighted by molar-refractivity contribution is 6.07. The molecule has 2 amide bonds. The van der Waals surface area contributed by atoms with Crippen LogP contribution in [-0.2, 0) is 13.2 Å². The van der Waals surface area contributed by atoms with Crippen molar-refractivity contribution < 1.29 is 9.53 Å². The van der Waals surface area contributed by atoms with E-state index in [9.17, 15) is 9.59 Å². The van der Waals surface area contributed by atoms with Gasteiger partial charge < -0.3 is 15.4 Å². The number of anilines is 2. The van der Waals surface area contributed by atoms with Gasteiger partial charge in [0.25, 0.3) is 5.56 Å². The van der Waals surface area contributed by atoms with Gasteiger partial charge in [0.2, 0.25) is 0 Å². The van der Waals surface area contributed by atoms with Gasteiger partial charge >= 0.3 is 6.03 Å². The fourth-order valence-corrected chi connectivity index (χ4v) is 5.58. The molecule has 5 aromatic rings. The van der Waals surface area contributed by atoms with Gasteiger partial charge in [-0.25, -0.2) is 9.78 Å². The second kappa shape index (κ2) is 14.6. The molecule has 0 spiro atoms. The van der Waals surface area contributed by atoms with Crippen LogP contribution in [0.15, 0.2) is 90.1 Å². The van der Waals surface area contributed by atoms with E-state index in [1.165, 1.54) is 0 Å². The SMILES string of the molecule is C#CCCCn1c(=O)c(NC(=O)Nc2c(C(C)C)cccc2C(C)C)c(-c2cccc(OCc3ccncc3)c2)c2cccnc21. The summed E-state index contributed by atoms with van der Waals surface area (Å²) < 4.78 is 7.71. The van der Waals surface area contributed by atoms with E-state index < -0.39 is 6.03 Å². The summed E-state index contributed by atoms with van der Waals surface area (Å²) in [6, 6.07) is 20.6. The Morgan fingerprint density at radius 1 is 0.913 bits per heavy atom. The molecule has 0 aliphatic rings. The van der Waals surface area contributed by atoms with Crippen molar-refractivity contribution in [2.45, 2.75) is 65.5 Å². The van der Waals surface area contributed by atoms with Gasteiger partial charge in [-0.05, 0) is 76.9 Å². The number of ether oxygens (including phenoxy) is 1. The third-order valence-electron chi connectivity index (χ3n) is 7.85. The zero-order chi connectivity index (χ0) is 32.6. The van der Waals surface area contributed by atoms with Gasteiger partial charge in [-0.3, -0.25) is 14.3 Å². The fourth-order valence-electron chi connectivity index (χ4n) is 5.58. The van der Waals surface area contributed by atoms with Crippen LogP contribution >= 0.6 is 0 Å². The molecule has 0 saturated heterocycles. The van der Waals surface area contributed by atoms with E-state index in [-0.39, 0.29) is 23.1 Å². The van der Waals surface area contributed by atoms with Gasteiger partial charge in [0, 0.05) is 48.2 Å². The van der Waals surface area contributed by atoms with E-state index in [1.54, 1.807) is 23.2 Å². The normalized spacial score (nSPS) is 11.1. The molecule has 0 unspecified atom stereocenters. The van der Waals surface area contributed by atoms with Gasteiger partial charge in [0.15, 0.2) is 0 Å². The fraction of sp³-hybridized carbons (Fsp3) is 0.263. The van der Waals surface area contributed by atoms with Crippen molar-refractivity contribution in [3.8, 4) is 29.2 Å². The number of carbonyl (C=O) groups excluding carboxylic acids is 1. The van der Waals surface area contributed by atoms with Gasteiger partial charge in [0.1, 0.15) is 23.7 Å². The van der Waals surface area contributed by atoms with Crippen molar-refractivity contribution in [2.24, 2.45) is 0 Å². The summed E-state index contributed by atoms with van der Waals surface area (Å²) in [4.78, 5) is 36.8. The van der Waals surface area contributed by atoms with E-state index in [0.717, 1.165) is 27.8 Å². The smallest absolute Gasteiger partial charge is 0.323 e. The van der Waals surface area contributed by atoms with E-state index in [0.29, 0.717) is 48.5 Å². The zero-order valence-corrected chi connectivity index (χ0v) is 26.7. The third kappa shape index (κ3) is 7.10. The number of hydrogen-bond donors (Lipinski definition) is 2. The molecular formula is C38H39N5O3. The molecule has 2 aromatic carbocycles. The first-order valence-electron chi connectivity index (χ1n) is 15.6. The predicted octanol–water partition coefficient (Wildman–Crippen LogP) is 8.34. The van der Waals surface area contributed by atoms with Crippen LogP contribution in [0.25, 0.3) is 22.2 Å². The quantitative estimate of drug-likeness (QED) is 0.115. The number of benzene rings is 2. The second-order valence-electron chi connectivity index (χ2n) is 11.8. The van der Waals surface area contributed by atoms with Crippen LogP contribution in [0.5, 0.6) is 5.75 Å². The number of nitrogens with zero attached hydrogens (tertiary/aromatic N) is 3. The minimum Gasteiger partial charge on any atom is -0.489 e. The molecular weight excluding hydrogens is 574 g/mol. The Labute approximate surface area is 269 Å². The van der Waals surface area contributed by atoms with E-state index in [1.807, 2.05) is 66.7 Å². The average Bonchev–Trinajstić information content (AvgIpc) is 3.06. The number of hydrogen-bond acceptors (Lipinski definition) is 5. The number of aromatic nitrogens is 3. The Balaban J connectivity index is 1.61. The molecule has 0 bridgehead atoms. The van der Waals surface area contributed by atoms with Crippen molar-refractivity contribution >= 4 is 28.4 Å². The van der Waals surface area contributed by atoms with Gasteiger partial charge in [0.05, 0.1) is 0 Å². The topological polar surface area (TPSA) is 98.1 Å². The summed E-state index contributed by atoms with van der Waals surface area (Å²) >= 11 is 0. The molecule has 0 saturated carbocycles. The van der Waals surface area contributed by atoms with Gasteiger partial charge in [-0.15, -0.1) is 12.3 Å². The summed E-state index contributed by atoms with van der Waals surface area (Å²) in [6.07, 6.45) is 11.7. The van der Waals surface area contributed by atoms with Crippen molar-refractivity contribution in [3.05, 3.63) is 112 Å². The van der Waals surface area contributed by atoms with Crippen LogP contribution in [-0.4, -0.2) is 20.6 Å². The highest BCUT2D eigenvalue weighted by Gasteiger charge is 2.23. The molecule has 0 radical (unpaired) electrons. The number of fused-ring (bicyclic) bond motifs is 1. The maximum absolute atomic E-state index is 14.3. The number of terminal acetylenes is 1. The van der Waals surface area contributed by atoms with E-state index in [4.69, 9.17) is 11.2 Å². The molecule has 3 aromatic heterocycles. The Morgan fingerprint density at radius 3 is 2.30 bits per heavy atom. The number of pyridine rings is 3. The number of nitrogens with one attached hydrogen (secondary N) is 2. The number of rotatable bonds is 11. The molecule has 234 valence electrons. The third-order valence-corrected chi connectivity index (χ3v) is 7.85. The Kier molecular flexibility index (Phi) is 10.1. The van der Waals surface area contributed by atoms with E-state index >= 15 is 0 Å². The van der Waals surface area contributed by atoms with Crippen LogP contribution < -0.4 is 20.9 Å². The maximum atomic E-state index is 14.3. The van der Waals surface area contributed by atoms with Crippen LogP contribution in [0.1, 0.15) is 69.1 Å². The molecule has 0 atom stereocenters. The molecule has 8 heteroatoms. The van der Waals surface area contributed by atoms with Crippen molar-refractivity contribution in [1.29, 1.82) is 0 Å². The van der Waals surface area contributed by atoms with Crippen molar-refractivity contribution in [3.63, 3.8) is 0 Å².